The van der Waals surface area contributed by atoms with Crippen LogP contribution in [0.25, 0.3) is 5.69 Å². The molecule has 0 bridgehead atoms. The zero-order chi connectivity index (χ0) is 15.8. The average Bonchev–Trinajstić information content (AvgIpc) is 3.25. The molecule has 118 valence electrons. The van der Waals surface area contributed by atoms with Gasteiger partial charge in [0.2, 0.25) is 5.95 Å². The topological polar surface area (TPSA) is 74.6 Å². The maximum Gasteiger partial charge on any atom is 0.222 e. The summed E-state index contributed by atoms with van der Waals surface area (Å²) < 4.78 is 3.91. The van der Waals surface area contributed by atoms with E-state index < -0.39 is 0 Å². The summed E-state index contributed by atoms with van der Waals surface area (Å²) in [6, 6.07) is 10.3. The summed E-state index contributed by atoms with van der Waals surface area (Å²) in [4.78, 5) is 0. The second-order valence-electron chi connectivity index (χ2n) is 5.66. The molecule has 2 N–H and O–H groups in total. The van der Waals surface area contributed by atoms with E-state index in [1.807, 2.05) is 13.1 Å². The molecule has 0 radical (unpaired) electrons. The highest BCUT2D eigenvalue weighted by atomic mass is 32.2. The molecule has 0 fully saturated rings. The lowest BCUT2D eigenvalue weighted by atomic mass is 10.2. The number of hydrogen-bond donors (Lipinski definition) is 1. The van der Waals surface area contributed by atoms with Gasteiger partial charge in [0, 0.05) is 18.5 Å². The Morgan fingerprint density at radius 2 is 2.00 bits per heavy atom. The van der Waals surface area contributed by atoms with Crippen molar-refractivity contribution in [2.24, 2.45) is 7.05 Å². The molecule has 1 aliphatic rings. The number of rotatable bonds is 4. The molecule has 0 spiro atoms. The number of aromatic nitrogens is 5. The predicted molar refractivity (Wildman–Crippen MR) is 90.6 cm³/mol. The molecule has 0 saturated carbocycles. The van der Waals surface area contributed by atoms with Crippen molar-refractivity contribution in [1.82, 2.24) is 24.5 Å². The molecule has 0 amide bonds. The van der Waals surface area contributed by atoms with Crippen molar-refractivity contribution in [1.29, 1.82) is 0 Å². The second kappa shape index (κ2) is 5.73. The normalized spacial score (nSPS) is 13.4. The lowest BCUT2D eigenvalue weighted by molar-refractivity contribution is 0.769. The predicted octanol–water partition coefficient (Wildman–Crippen LogP) is 2.36. The monoisotopic (exact) mass is 326 g/mol. The van der Waals surface area contributed by atoms with Crippen molar-refractivity contribution in [3.05, 3.63) is 47.3 Å². The second-order valence-corrected chi connectivity index (χ2v) is 6.60. The van der Waals surface area contributed by atoms with E-state index in [9.17, 15) is 0 Å². The Morgan fingerprint density at radius 3 is 2.74 bits per heavy atom. The zero-order valence-corrected chi connectivity index (χ0v) is 13.8. The van der Waals surface area contributed by atoms with Crippen LogP contribution < -0.4 is 5.73 Å². The fourth-order valence-corrected chi connectivity index (χ4v) is 3.88. The molecule has 23 heavy (non-hydrogen) atoms. The fourth-order valence-electron chi connectivity index (χ4n) is 3.00. The highest BCUT2D eigenvalue weighted by Crippen LogP contribution is 2.31. The molecule has 6 nitrogen and oxygen atoms in total. The summed E-state index contributed by atoms with van der Waals surface area (Å²) >= 11 is 1.63. The van der Waals surface area contributed by atoms with Gasteiger partial charge in [0.25, 0.3) is 0 Å². The van der Waals surface area contributed by atoms with Crippen LogP contribution in [0.2, 0.25) is 0 Å². The SMILES string of the molecule is Cn1c(N)nnc1SCc1nn(-c2ccccc2)c2c1CCC2. The van der Waals surface area contributed by atoms with Crippen LogP contribution in [0.4, 0.5) is 5.95 Å². The number of nitrogen functional groups attached to an aromatic ring is 1. The molecular weight excluding hydrogens is 308 g/mol. The number of para-hydroxylation sites is 1. The molecule has 3 aromatic rings. The molecular formula is C16H18N6S. The molecule has 7 heteroatoms. The molecule has 1 aromatic carbocycles. The van der Waals surface area contributed by atoms with Crippen LogP contribution in [0.3, 0.4) is 0 Å². The molecule has 1 aliphatic carbocycles. The first-order chi connectivity index (χ1) is 11.2. The van der Waals surface area contributed by atoms with E-state index >= 15 is 0 Å². The maximum atomic E-state index is 5.74. The van der Waals surface area contributed by atoms with E-state index in [0.717, 1.165) is 35.1 Å². The van der Waals surface area contributed by atoms with Crippen molar-refractivity contribution >= 4 is 17.7 Å². The van der Waals surface area contributed by atoms with E-state index in [2.05, 4.69) is 39.1 Å². The number of anilines is 1. The minimum atomic E-state index is 0.438. The highest BCUT2D eigenvalue weighted by molar-refractivity contribution is 7.98. The number of fused-ring (bicyclic) bond motifs is 1. The van der Waals surface area contributed by atoms with Crippen molar-refractivity contribution < 1.29 is 0 Å². The molecule has 0 saturated heterocycles. The Bertz CT molecular complexity index is 836. The van der Waals surface area contributed by atoms with Crippen molar-refractivity contribution in [3.63, 3.8) is 0 Å². The number of nitrogens with zero attached hydrogens (tertiary/aromatic N) is 5. The van der Waals surface area contributed by atoms with Gasteiger partial charge >= 0.3 is 0 Å². The Balaban J connectivity index is 1.64. The van der Waals surface area contributed by atoms with Gasteiger partial charge in [-0.1, -0.05) is 30.0 Å². The summed E-state index contributed by atoms with van der Waals surface area (Å²) in [7, 11) is 1.88. The standard InChI is InChI=1S/C16H18N6S/c1-21-15(17)18-19-16(21)23-10-13-12-8-5-9-14(12)22(20-13)11-6-3-2-4-7-11/h2-4,6-7H,5,8-10H2,1H3,(H2,17,18). The molecule has 0 aliphatic heterocycles. The van der Waals surface area contributed by atoms with Crippen molar-refractivity contribution in [2.75, 3.05) is 5.73 Å². The van der Waals surface area contributed by atoms with Gasteiger partial charge in [0.15, 0.2) is 5.16 Å². The maximum absolute atomic E-state index is 5.74. The first-order valence-electron chi connectivity index (χ1n) is 7.67. The highest BCUT2D eigenvalue weighted by Gasteiger charge is 2.23. The smallest absolute Gasteiger partial charge is 0.222 e. The molecule has 0 atom stereocenters. The van der Waals surface area contributed by atoms with Crippen LogP contribution in [-0.4, -0.2) is 24.5 Å². The Hall–Kier alpha value is -2.28. The van der Waals surface area contributed by atoms with E-state index in [0.29, 0.717) is 5.95 Å². The summed E-state index contributed by atoms with van der Waals surface area (Å²) in [5.41, 5.74) is 10.8. The lowest BCUT2D eigenvalue weighted by Crippen LogP contribution is -2.01. The largest absolute Gasteiger partial charge is 0.368 e. The summed E-state index contributed by atoms with van der Waals surface area (Å²) in [5.74, 6) is 1.22. The Morgan fingerprint density at radius 1 is 1.17 bits per heavy atom. The Labute approximate surface area is 138 Å². The third-order valence-electron chi connectivity index (χ3n) is 4.22. The quantitative estimate of drug-likeness (QED) is 0.745. The molecule has 0 unspecified atom stereocenters. The summed E-state index contributed by atoms with van der Waals surface area (Å²) in [5, 5.41) is 13.7. The van der Waals surface area contributed by atoms with Gasteiger partial charge in [-0.25, -0.2) is 4.68 Å². The van der Waals surface area contributed by atoms with Crippen LogP contribution in [0, 0.1) is 0 Å². The van der Waals surface area contributed by atoms with Gasteiger partial charge in [0.1, 0.15) is 0 Å². The minimum absolute atomic E-state index is 0.438. The molecule has 4 rings (SSSR count). The van der Waals surface area contributed by atoms with Crippen LogP contribution in [0.5, 0.6) is 0 Å². The summed E-state index contributed by atoms with van der Waals surface area (Å²) in [6.07, 6.45) is 3.41. The molecule has 2 heterocycles. The van der Waals surface area contributed by atoms with Gasteiger partial charge in [0.05, 0.1) is 11.4 Å². The summed E-state index contributed by atoms with van der Waals surface area (Å²) in [6.45, 7) is 0. The number of thioether (sulfide) groups is 1. The van der Waals surface area contributed by atoms with E-state index in [4.69, 9.17) is 10.8 Å². The fraction of sp³-hybridized carbons (Fsp3) is 0.312. The Kier molecular flexibility index (Phi) is 3.57. The van der Waals surface area contributed by atoms with Crippen molar-refractivity contribution in [2.45, 2.75) is 30.2 Å². The van der Waals surface area contributed by atoms with Crippen LogP contribution >= 0.6 is 11.8 Å². The van der Waals surface area contributed by atoms with Gasteiger partial charge in [-0.15, -0.1) is 10.2 Å². The van der Waals surface area contributed by atoms with E-state index in [-0.39, 0.29) is 0 Å². The van der Waals surface area contributed by atoms with E-state index in [1.54, 1.807) is 16.3 Å². The number of nitrogens with two attached hydrogens (primary N) is 1. The zero-order valence-electron chi connectivity index (χ0n) is 12.9. The van der Waals surface area contributed by atoms with Crippen molar-refractivity contribution in [3.8, 4) is 5.69 Å². The van der Waals surface area contributed by atoms with Gasteiger partial charge in [-0.3, -0.25) is 4.57 Å². The van der Waals surface area contributed by atoms with Gasteiger partial charge in [-0.2, -0.15) is 5.10 Å². The van der Waals surface area contributed by atoms with Crippen LogP contribution in [0.1, 0.15) is 23.4 Å². The first-order valence-corrected chi connectivity index (χ1v) is 8.65. The number of hydrogen-bond acceptors (Lipinski definition) is 5. The van der Waals surface area contributed by atoms with Gasteiger partial charge < -0.3 is 5.73 Å². The van der Waals surface area contributed by atoms with Gasteiger partial charge in [-0.05, 0) is 37.0 Å². The minimum Gasteiger partial charge on any atom is -0.368 e. The van der Waals surface area contributed by atoms with E-state index in [1.165, 1.54) is 17.7 Å². The first kappa shape index (κ1) is 14.3. The lowest BCUT2D eigenvalue weighted by Gasteiger charge is -2.04. The average molecular weight is 326 g/mol. The molecule has 2 aromatic heterocycles. The van der Waals surface area contributed by atoms with Crippen LogP contribution in [0.15, 0.2) is 35.5 Å². The third kappa shape index (κ3) is 2.50. The van der Waals surface area contributed by atoms with Crippen LogP contribution in [-0.2, 0) is 25.6 Å². The number of benzene rings is 1. The third-order valence-corrected chi connectivity index (χ3v) is 5.25.